The van der Waals surface area contributed by atoms with Crippen LogP contribution >= 0.6 is 0 Å². The maximum Gasteiger partial charge on any atom is 0.258 e. The zero-order valence-corrected chi connectivity index (χ0v) is 13.4. The second-order valence-corrected chi connectivity index (χ2v) is 6.19. The van der Waals surface area contributed by atoms with Crippen molar-refractivity contribution in [2.24, 2.45) is 5.92 Å². The molecule has 1 heterocycles. The van der Waals surface area contributed by atoms with Crippen LogP contribution in [-0.4, -0.2) is 18.4 Å². The quantitative estimate of drug-likeness (QED) is 0.850. The summed E-state index contributed by atoms with van der Waals surface area (Å²) in [5.74, 6) is 0.318. The maximum atomic E-state index is 12.7. The fourth-order valence-corrected chi connectivity index (χ4v) is 2.95. The number of hydrogen-bond acceptors (Lipinski definition) is 2. The summed E-state index contributed by atoms with van der Waals surface area (Å²) in [6, 6.07) is 9.40. The molecule has 23 heavy (non-hydrogen) atoms. The van der Waals surface area contributed by atoms with Gasteiger partial charge in [-0.3, -0.25) is 9.59 Å². The normalized spacial score (nSPS) is 13.0. The molecule has 0 aliphatic carbocycles. The van der Waals surface area contributed by atoms with E-state index in [0.29, 0.717) is 23.7 Å². The van der Waals surface area contributed by atoms with Gasteiger partial charge in [0.2, 0.25) is 5.91 Å². The molecule has 1 aliphatic heterocycles. The molecule has 118 valence electrons. The molecule has 1 aliphatic rings. The summed E-state index contributed by atoms with van der Waals surface area (Å²) in [6.07, 6.45) is 2.19. The van der Waals surface area contributed by atoms with Gasteiger partial charge in [0.25, 0.3) is 5.91 Å². The molecular weight excluding hydrogens is 288 g/mol. The second kappa shape index (κ2) is 5.88. The van der Waals surface area contributed by atoms with E-state index < -0.39 is 0 Å². The fourth-order valence-electron chi connectivity index (χ4n) is 2.95. The molecular formula is C19H20N2O2. The summed E-state index contributed by atoms with van der Waals surface area (Å²) in [6.45, 7) is 8.48. The number of hydrogen-bond donors (Lipinski definition) is 1. The molecule has 0 saturated heterocycles. The van der Waals surface area contributed by atoms with Crippen LogP contribution < -0.4 is 10.2 Å². The zero-order valence-electron chi connectivity index (χ0n) is 13.4. The summed E-state index contributed by atoms with van der Waals surface area (Å²) in [5.41, 5.74) is 2.34. The van der Waals surface area contributed by atoms with Crippen molar-refractivity contribution >= 4 is 34.0 Å². The van der Waals surface area contributed by atoms with Crippen LogP contribution in [0.5, 0.6) is 0 Å². The minimum absolute atomic E-state index is 0.0402. The first kappa shape index (κ1) is 15.3. The van der Waals surface area contributed by atoms with Crippen molar-refractivity contribution in [1.29, 1.82) is 0 Å². The van der Waals surface area contributed by atoms with Gasteiger partial charge in [0.05, 0.1) is 5.69 Å². The van der Waals surface area contributed by atoms with E-state index in [1.54, 1.807) is 0 Å². The third kappa shape index (κ3) is 2.61. The highest BCUT2D eigenvalue weighted by molar-refractivity contribution is 6.27. The lowest BCUT2D eigenvalue weighted by atomic mass is 10.0. The van der Waals surface area contributed by atoms with Crippen LogP contribution in [0.1, 0.15) is 30.6 Å². The average Bonchev–Trinajstić information content (AvgIpc) is 2.81. The van der Waals surface area contributed by atoms with Gasteiger partial charge in [0.1, 0.15) is 0 Å². The zero-order chi connectivity index (χ0) is 16.6. The van der Waals surface area contributed by atoms with Crippen LogP contribution in [0, 0.1) is 5.92 Å². The van der Waals surface area contributed by atoms with Gasteiger partial charge < -0.3 is 10.2 Å². The van der Waals surface area contributed by atoms with Crippen LogP contribution in [0.3, 0.4) is 0 Å². The number of nitrogens with zero attached hydrogens (tertiary/aromatic N) is 1. The van der Waals surface area contributed by atoms with Gasteiger partial charge >= 0.3 is 0 Å². The van der Waals surface area contributed by atoms with E-state index in [1.165, 1.54) is 6.08 Å². The number of nitrogens with one attached hydrogen (secondary N) is 1. The Kier molecular flexibility index (Phi) is 3.90. The molecule has 2 aromatic rings. The molecule has 0 bridgehead atoms. The number of carbonyl (C=O) groups is 2. The molecule has 0 atom stereocenters. The molecule has 2 aromatic carbocycles. The highest BCUT2D eigenvalue weighted by atomic mass is 16.2. The molecule has 4 nitrogen and oxygen atoms in total. The number of benzene rings is 2. The van der Waals surface area contributed by atoms with Gasteiger partial charge in [0.15, 0.2) is 0 Å². The van der Waals surface area contributed by atoms with Crippen molar-refractivity contribution < 1.29 is 9.59 Å². The lowest BCUT2D eigenvalue weighted by Gasteiger charge is -2.19. The molecule has 0 spiro atoms. The summed E-state index contributed by atoms with van der Waals surface area (Å²) in [5, 5.41) is 4.61. The van der Waals surface area contributed by atoms with Gasteiger partial charge in [-0.2, -0.15) is 0 Å². The van der Waals surface area contributed by atoms with Crippen molar-refractivity contribution in [2.45, 2.75) is 20.3 Å². The number of carbonyl (C=O) groups excluding carboxylic acids is 2. The van der Waals surface area contributed by atoms with Crippen molar-refractivity contribution in [3.05, 3.63) is 48.6 Å². The second-order valence-electron chi connectivity index (χ2n) is 6.19. The van der Waals surface area contributed by atoms with E-state index in [0.717, 1.165) is 22.9 Å². The molecule has 3 rings (SSSR count). The Labute approximate surface area is 135 Å². The van der Waals surface area contributed by atoms with Crippen molar-refractivity contribution in [1.82, 2.24) is 0 Å². The fraction of sp³-hybridized carbons (Fsp3) is 0.263. The van der Waals surface area contributed by atoms with E-state index in [9.17, 15) is 9.59 Å². The Balaban J connectivity index is 2.08. The van der Waals surface area contributed by atoms with Crippen molar-refractivity contribution in [3.8, 4) is 0 Å². The summed E-state index contributed by atoms with van der Waals surface area (Å²) in [4.78, 5) is 26.2. The SMILES string of the molecule is C=CC(=O)Nc1ccc2c3c(cccc13)C(=O)N2CCC(C)C. The van der Waals surface area contributed by atoms with E-state index in [1.807, 2.05) is 35.2 Å². The van der Waals surface area contributed by atoms with E-state index >= 15 is 0 Å². The van der Waals surface area contributed by atoms with Crippen LogP contribution in [-0.2, 0) is 4.79 Å². The number of amides is 2. The van der Waals surface area contributed by atoms with Gasteiger partial charge in [-0.1, -0.05) is 32.6 Å². The van der Waals surface area contributed by atoms with Crippen LogP contribution in [0.4, 0.5) is 11.4 Å². The Morgan fingerprint density at radius 1 is 1.30 bits per heavy atom. The Hall–Kier alpha value is -2.62. The van der Waals surface area contributed by atoms with Crippen molar-refractivity contribution in [2.75, 3.05) is 16.8 Å². The first-order valence-corrected chi connectivity index (χ1v) is 7.84. The maximum absolute atomic E-state index is 12.7. The standard InChI is InChI=1S/C19H20N2O2/c1-4-17(22)20-15-8-9-16-18-13(15)6-5-7-14(18)19(23)21(16)11-10-12(2)3/h4-9,12H,1,10-11H2,2-3H3,(H,20,22). The third-order valence-corrected chi connectivity index (χ3v) is 4.16. The molecule has 0 radical (unpaired) electrons. The first-order chi connectivity index (χ1) is 11.0. The molecule has 0 fully saturated rings. The van der Waals surface area contributed by atoms with Crippen LogP contribution in [0.2, 0.25) is 0 Å². The Morgan fingerprint density at radius 3 is 2.78 bits per heavy atom. The van der Waals surface area contributed by atoms with E-state index in [2.05, 4.69) is 25.7 Å². The molecule has 0 aromatic heterocycles. The summed E-state index contributed by atoms with van der Waals surface area (Å²) >= 11 is 0. The lowest BCUT2D eigenvalue weighted by molar-refractivity contribution is -0.111. The number of rotatable bonds is 5. The predicted octanol–water partition coefficient (Wildman–Crippen LogP) is 3.97. The first-order valence-electron chi connectivity index (χ1n) is 7.84. The molecule has 4 heteroatoms. The summed E-state index contributed by atoms with van der Waals surface area (Å²) in [7, 11) is 0. The molecule has 1 N–H and O–H groups in total. The van der Waals surface area contributed by atoms with Crippen molar-refractivity contribution in [3.63, 3.8) is 0 Å². The summed E-state index contributed by atoms with van der Waals surface area (Å²) < 4.78 is 0. The monoisotopic (exact) mass is 308 g/mol. The number of anilines is 2. The highest BCUT2D eigenvalue weighted by Gasteiger charge is 2.30. The van der Waals surface area contributed by atoms with Gasteiger partial charge in [-0.15, -0.1) is 0 Å². The van der Waals surface area contributed by atoms with E-state index in [-0.39, 0.29) is 11.8 Å². The molecule has 0 saturated carbocycles. The average molecular weight is 308 g/mol. The minimum Gasteiger partial charge on any atom is -0.322 e. The Bertz CT molecular complexity index is 808. The third-order valence-electron chi connectivity index (χ3n) is 4.16. The topological polar surface area (TPSA) is 49.4 Å². The smallest absolute Gasteiger partial charge is 0.258 e. The van der Waals surface area contributed by atoms with E-state index in [4.69, 9.17) is 0 Å². The van der Waals surface area contributed by atoms with Crippen LogP contribution in [0.15, 0.2) is 43.0 Å². The van der Waals surface area contributed by atoms with Gasteiger partial charge in [-0.05, 0) is 36.6 Å². The molecule has 0 unspecified atom stereocenters. The van der Waals surface area contributed by atoms with Gasteiger partial charge in [0, 0.05) is 28.6 Å². The predicted molar refractivity (Wildman–Crippen MR) is 93.9 cm³/mol. The Morgan fingerprint density at radius 2 is 2.09 bits per heavy atom. The molecule has 2 amide bonds. The lowest BCUT2D eigenvalue weighted by Crippen LogP contribution is -2.28. The highest BCUT2D eigenvalue weighted by Crippen LogP contribution is 2.40. The van der Waals surface area contributed by atoms with Crippen LogP contribution in [0.25, 0.3) is 10.8 Å². The largest absolute Gasteiger partial charge is 0.322 e. The van der Waals surface area contributed by atoms with Gasteiger partial charge in [-0.25, -0.2) is 0 Å². The minimum atomic E-state index is -0.258.